The number of hydrogen-bond acceptors (Lipinski definition) is 7. The monoisotopic (exact) mass is 333 g/mol. The van der Waals surface area contributed by atoms with E-state index in [0.29, 0.717) is 18.7 Å². The second-order valence-corrected chi connectivity index (χ2v) is 7.37. The molecule has 0 aliphatic carbocycles. The zero-order valence-electron chi connectivity index (χ0n) is 12.5. The van der Waals surface area contributed by atoms with Gasteiger partial charge in [-0.3, -0.25) is 13.9 Å². The first kappa shape index (κ1) is 16.7. The molecule has 0 saturated carbocycles. The smallest absolute Gasteiger partial charge is 0.441 e. The highest BCUT2D eigenvalue weighted by Gasteiger charge is 2.30. The molecule has 0 N–H and O–H groups in total. The molecule has 124 valence electrons. The van der Waals surface area contributed by atoms with Crippen LogP contribution >= 0.6 is 0 Å². The standard InChI is InChI=1S/C12H19N3O6S/c1-14(7-11(16)20-2)22(18,19)8-9-5-3-4-6-10-13-21-12(17)15(9)10/h9H,3-8H2,1-2H3. The first-order valence-electron chi connectivity index (χ1n) is 6.93. The number of esters is 1. The molecule has 0 bridgehead atoms. The molecule has 2 heterocycles. The summed E-state index contributed by atoms with van der Waals surface area (Å²) in [5.41, 5.74) is 0. The third-order valence-corrected chi connectivity index (χ3v) is 5.60. The van der Waals surface area contributed by atoms with Crippen molar-refractivity contribution in [1.29, 1.82) is 0 Å². The number of aromatic nitrogens is 2. The normalized spacial score (nSPS) is 18.8. The summed E-state index contributed by atoms with van der Waals surface area (Å²) in [4.78, 5) is 23.0. The molecule has 9 nitrogen and oxygen atoms in total. The van der Waals surface area contributed by atoms with Gasteiger partial charge >= 0.3 is 11.7 Å². The van der Waals surface area contributed by atoms with Crippen molar-refractivity contribution in [3.05, 3.63) is 16.4 Å². The molecule has 1 aliphatic rings. The number of carbonyl (C=O) groups is 1. The summed E-state index contributed by atoms with van der Waals surface area (Å²) in [6, 6.07) is -0.540. The van der Waals surface area contributed by atoms with Crippen LogP contribution in [0.1, 0.15) is 31.1 Å². The molecule has 1 aromatic rings. The molecule has 10 heteroatoms. The van der Waals surface area contributed by atoms with Crippen molar-refractivity contribution in [2.45, 2.75) is 31.7 Å². The minimum atomic E-state index is -3.72. The maximum Gasteiger partial charge on any atom is 0.441 e. The molecule has 0 aromatic carbocycles. The highest BCUT2D eigenvalue weighted by Crippen LogP contribution is 2.23. The molecule has 0 saturated heterocycles. The Morgan fingerprint density at radius 3 is 2.91 bits per heavy atom. The summed E-state index contributed by atoms with van der Waals surface area (Å²) in [6.45, 7) is -0.364. The Balaban J connectivity index is 2.20. The molecule has 0 radical (unpaired) electrons. The maximum atomic E-state index is 12.4. The molecule has 1 aromatic heterocycles. The van der Waals surface area contributed by atoms with E-state index in [1.807, 2.05) is 0 Å². The number of carbonyl (C=O) groups excluding carboxylic acids is 1. The lowest BCUT2D eigenvalue weighted by Gasteiger charge is -2.21. The van der Waals surface area contributed by atoms with Gasteiger partial charge in [-0.05, 0) is 12.8 Å². The summed E-state index contributed by atoms with van der Waals surface area (Å²) in [5.74, 6) is -1.10. The van der Waals surface area contributed by atoms with Gasteiger partial charge in [0.05, 0.1) is 18.9 Å². The van der Waals surface area contributed by atoms with Crippen LogP contribution in [0.4, 0.5) is 0 Å². The minimum absolute atomic E-state index is 0.283. The third kappa shape index (κ3) is 3.55. The number of likely N-dealkylation sites (N-methyl/N-ethyl adjacent to an activating group) is 1. The Hall–Kier alpha value is -1.68. The molecule has 0 spiro atoms. The van der Waals surface area contributed by atoms with Crippen molar-refractivity contribution in [3.63, 3.8) is 0 Å². The fourth-order valence-electron chi connectivity index (χ4n) is 2.48. The summed E-state index contributed by atoms with van der Waals surface area (Å²) < 4.78 is 36.1. The lowest BCUT2D eigenvalue weighted by atomic mass is 10.1. The van der Waals surface area contributed by atoms with Crippen LogP contribution in [0.5, 0.6) is 0 Å². The van der Waals surface area contributed by atoms with Crippen LogP contribution < -0.4 is 5.76 Å². The third-order valence-electron chi connectivity index (χ3n) is 3.71. The van der Waals surface area contributed by atoms with Gasteiger partial charge in [0.1, 0.15) is 6.54 Å². The van der Waals surface area contributed by atoms with Gasteiger partial charge in [0.2, 0.25) is 10.0 Å². The number of hydrogen-bond donors (Lipinski definition) is 0. The average Bonchev–Trinajstić information content (AvgIpc) is 2.70. The van der Waals surface area contributed by atoms with Gasteiger partial charge in [0.25, 0.3) is 0 Å². The predicted molar refractivity (Wildman–Crippen MR) is 75.8 cm³/mol. The Bertz CT molecular complexity index is 692. The van der Waals surface area contributed by atoms with E-state index in [9.17, 15) is 18.0 Å². The zero-order valence-corrected chi connectivity index (χ0v) is 13.3. The van der Waals surface area contributed by atoms with Crippen LogP contribution in [0.25, 0.3) is 0 Å². The molecule has 0 fully saturated rings. The van der Waals surface area contributed by atoms with Gasteiger partial charge in [-0.15, -0.1) is 0 Å². The quantitative estimate of drug-likeness (QED) is 0.670. The fourth-order valence-corrected chi connectivity index (χ4v) is 3.83. The number of sulfonamides is 1. The molecule has 22 heavy (non-hydrogen) atoms. The van der Waals surface area contributed by atoms with Crippen LogP contribution in [0.3, 0.4) is 0 Å². The number of aryl methyl sites for hydroxylation is 1. The molecule has 1 unspecified atom stereocenters. The maximum absolute atomic E-state index is 12.4. The summed E-state index contributed by atoms with van der Waals surface area (Å²) in [6.07, 6.45) is 2.74. The Kier molecular flexibility index (Phi) is 5.01. The Morgan fingerprint density at radius 1 is 1.50 bits per heavy atom. The SMILES string of the molecule is COC(=O)CN(C)S(=O)(=O)CC1CCCCc2noc(=O)n21. The molecular formula is C12H19N3O6S. The first-order chi connectivity index (χ1) is 10.3. The first-order valence-corrected chi connectivity index (χ1v) is 8.54. The molecule has 0 amide bonds. The Morgan fingerprint density at radius 2 is 2.23 bits per heavy atom. The van der Waals surface area contributed by atoms with E-state index in [4.69, 9.17) is 0 Å². The second kappa shape index (κ2) is 6.61. The minimum Gasteiger partial charge on any atom is -0.468 e. The van der Waals surface area contributed by atoms with Crippen LogP contribution in [0.15, 0.2) is 9.32 Å². The molecular weight excluding hydrogens is 314 g/mol. The van der Waals surface area contributed by atoms with Crippen molar-refractivity contribution in [1.82, 2.24) is 14.0 Å². The number of ether oxygens (including phenoxy) is 1. The summed E-state index contributed by atoms with van der Waals surface area (Å²) in [7, 11) is -1.22. The average molecular weight is 333 g/mol. The van der Waals surface area contributed by atoms with E-state index < -0.39 is 27.8 Å². The van der Waals surface area contributed by atoms with E-state index in [0.717, 1.165) is 17.1 Å². The van der Waals surface area contributed by atoms with E-state index in [-0.39, 0.29) is 12.3 Å². The lowest BCUT2D eigenvalue weighted by molar-refractivity contribution is -0.140. The van der Waals surface area contributed by atoms with Crippen molar-refractivity contribution >= 4 is 16.0 Å². The van der Waals surface area contributed by atoms with Crippen molar-refractivity contribution in [2.75, 3.05) is 26.5 Å². The van der Waals surface area contributed by atoms with Crippen LogP contribution in [-0.2, 0) is 26.0 Å². The van der Waals surface area contributed by atoms with Gasteiger partial charge in [0.15, 0.2) is 5.82 Å². The topological polar surface area (TPSA) is 112 Å². The van der Waals surface area contributed by atoms with E-state index in [1.54, 1.807) is 0 Å². The van der Waals surface area contributed by atoms with Gasteiger partial charge in [-0.1, -0.05) is 11.6 Å². The van der Waals surface area contributed by atoms with Crippen molar-refractivity contribution in [3.8, 4) is 0 Å². The van der Waals surface area contributed by atoms with Gasteiger partial charge in [0, 0.05) is 13.5 Å². The molecule has 1 atom stereocenters. The zero-order chi connectivity index (χ0) is 16.3. The number of fused-ring (bicyclic) bond motifs is 1. The number of methoxy groups -OCH3 is 1. The molecule has 2 rings (SSSR count). The van der Waals surface area contributed by atoms with Gasteiger partial charge < -0.3 is 4.74 Å². The van der Waals surface area contributed by atoms with Crippen molar-refractivity contribution in [2.24, 2.45) is 0 Å². The van der Waals surface area contributed by atoms with Gasteiger partial charge in [-0.25, -0.2) is 13.2 Å². The Labute approximate surface area is 127 Å². The highest BCUT2D eigenvalue weighted by molar-refractivity contribution is 7.89. The van der Waals surface area contributed by atoms with E-state index >= 15 is 0 Å². The predicted octanol–water partition coefficient (Wildman–Crippen LogP) is -0.462. The fraction of sp³-hybridized carbons (Fsp3) is 0.750. The second-order valence-electron chi connectivity index (χ2n) is 5.25. The summed E-state index contributed by atoms with van der Waals surface area (Å²) in [5, 5.41) is 3.70. The van der Waals surface area contributed by atoms with Crippen LogP contribution in [0.2, 0.25) is 0 Å². The van der Waals surface area contributed by atoms with Crippen molar-refractivity contribution < 1.29 is 22.5 Å². The highest BCUT2D eigenvalue weighted by atomic mass is 32.2. The van der Waals surface area contributed by atoms with Gasteiger partial charge in [-0.2, -0.15) is 4.31 Å². The number of rotatable bonds is 5. The van der Waals surface area contributed by atoms with E-state index in [1.165, 1.54) is 18.7 Å². The molecule has 1 aliphatic heterocycles. The van der Waals surface area contributed by atoms with Crippen LogP contribution in [0, 0.1) is 0 Å². The van der Waals surface area contributed by atoms with Crippen LogP contribution in [-0.4, -0.2) is 54.9 Å². The number of nitrogens with zero attached hydrogens (tertiary/aromatic N) is 3. The largest absolute Gasteiger partial charge is 0.468 e. The summed E-state index contributed by atoms with van der Waals surface area (Å²) >= 11 is 0. The van der Waals surface area contributed by atoms with E-state index in [2.05, 4.69) is 14.4 Å². The lowest BCUT2D eigenvalue weighted by Crippen LogP contribution is -2.38.